The van der Waals surface area contributed by atoms with E-state index in [1.807, 2.05) is 0 Å². The Balaban J connectivity index is 2.24. The Morgan fingerprint density at radius 2 is 1.72 bits per heavy atom. The molecule has 2 rings (SSSR count). The minimum Gasteiger partial charge on any atom is -0.320 e. The maximum absolute atomic E-state index is 6.27. The van der Waals surface area contributed by atoms with Crippen molar-refractivity contribution in [3.05, 3.63) is 56.2 Å². The number of hydrogen-bond donors (Lipinski definition) is 1. The number of hydrogen-bond acceptors (Lipinski definition) is 2. The third-order valence-corrected chi connectivity index (χ3v) is 4.61. The van der Waals surface area contributed by atoms with Crippen molar-refractivity contribution in [1.82, 2.24) is 0 Å². The first-order valence-corrected chi connectivity index (χ1v) is 7.65. The van der Waals surface area contributed by atoms with Crippen LogP contribution in [0.5, 0.6) is 0 Å². The van der Waals surface area contributed by atoms with E-state index in [2.05, 4.69) is 72.4 Å². The average molecular weight is 324 g/mol. The van der Waals surface area contributed by atoms with Gasteiger partial charge in [0.15, 0.2) is 0 Å². The minimum absolute atomic E-state index is 0.0402. The Labute approximate surface area is 121 Å². The van der Waals surface area contributed by atoms with Crippen LogP contribution < -0.4 is 5.73 Å². The van der Waals surface area contributed by atoms with Gasteiger partial charge in [-0.2, -0.15) is 0 Å². The van der Waals surface area contributed by atoms with E-state index in [1.165, 1.54) is 5.56 Å². The zero-order valence-electron chi connectivity index (χ0n) is 10.9. The molecule has 0 saturated carbocycles. The summed E-state index contributed by atoms with van der Waals surface area (Å²) in [7, 11) is 0. The summed E-state index contributed by atoms with van der Waals surface area (Å²) in [5.41, 5.74) is 10.1. The van der Waals surface area contributed by atoms with Crippen molar-refractivity contribution in [3.63, 3.8) is 0 Å². The monoisotopic (exact) mass is 323 g/mol. The van der Waals surface area contributed by atoms with Gasteiger partial charge >= 0.3 is 0 Å². The average Bonchev–Trinajstić information content (AvgIpc) is 2.74. The van der Waals surface area contributed by atoms with Gasteiger partial charge in [0.05, 0.1) is 9.83 Å². The molecule has 0 radical (unpaired) electrons. The van der Waals surface area contributed by atoms with Gasteiger partial charge < -0.3 is 5.73 Å². The molecule has 1 atom stereocenters. The van der Waals surface area contributed by atoms with Crippen LogP contribution in [0.4, 0.5) is 0 Å². The van der Waals surface area contributed by atoms with Gasteiger partial charge in [-0.3, -0.25) is 0 Å². The van der Waals surface area contributed by atoms with E-state index < -0.39 is 0 Å². The van der Waals surface area contributed by atoms with Crippen LogP contribution in [-0.4, -0.2) is 0 Å². The van der Waals surface area contributed by atoms with E-state index in [9.17, 15) is 0 Å². The molecule has 1 unspecified atom stereocenters. The van der Waals surface area contributed by atoms with Crippen molar-refractivity contribution < 1.29 is 0 Å². The molecule has 1 nitrogen and oxygen atoms in total. The topological polar surface area (TPSA) is 26.0 Å². The van der Waals surface area contributed by atoms with E-state index in [0.29, 0.717) is 0 Å². The summed E-state index contributed by atoms with van der Waals surface area (Å²) in [6, 6.07) is 10.7. The fraction of sp³-hybridized carbons (Fsp3) is 0.333. The lowest BCUT2D eigenvalue weighted by atomic mass is 9.86. The third kappa shape index (κ3) is 3.02. The first kappa shape index (κ1) is 13.8. The van der Waals surface area contributed by atoms with Crippen molar-refractivity contribution in [2.45, 2.75) is 32.2 Å². The standard InChI is InChI=1S/C15H18BrNS/c1-15(2,3)12-6-4-10(5-7-12)14(17)11-8-13(16)18-9-11/h4-9,14H,17H2,1-3H3. The van der Waals surface area contributed by atoms with Gasteiger partial charge in [-0.1, -0.05) is 45.0 Å². The highest BCUT2D eigenvalue weighted by atomic mass is 79.9. The minimum atomic E-state index is -0.0402. The molecule has 0 aliphatic heterocycles. The summed E-state index contributed by atoms with van der Waals surface area (Å²) in [6.45, 7) is 6.66. The molecule has 1 aromatic carbocycles. The summed E-state index contributed by atoms with van der Waals surface area (Å²) in [4.78, 5) is 0. The zero-order valence-corrected chi connectivity index (χ0v) is 13.3. The SMILES string of the molecule is CC(C)(C)c1ccc(C(N)c2csc(Br)c2)cc1. The van der Waals surface area contributed by atoms with E-state index in [-0.39, 0.29) is 11.5 Å². The Bertz CT molecular complexity index is 522. The Hall–Kier alpha value is -0.640. The summed E-state index contributed by atoms with van der Waals surface area (Å²) < 4.78 is 1.12. The summed E-state index contributed by atoms with van der Waals surface area (Å²) in [5.74, 6) is 0. The first-order valence-electron chi connectivity index (χ1n) is 5.98. The smallest absolute Gasteiger partial charge is 0.0701 e. The number of halogens is 1. The molecule has 2 N–H and O–H groups in total. The lowest BCUT2D eigenvalue weighted by molar-refractivity contribution is 0.589. The van der Waals surface area contributed by atoms with Crippen molar-refractivity contribution in [1.29, 1.82) is 0 Å². The molecule has 3 heteroatoms. The van der Waals surface area contributed by atoms with Crippen LogP contribution in [0, 0.1) is 0 Å². The lowest BCUT2D eigenvalue weighted by Gasteiger charge is -2.20. The molecule has 0 fully saturated rings. The number of benzene rings is 1. The highest BCUT2D eigenvalue weighted by Crippen LogP contribution is 2.29. The van der Waals surface area contributed by atoms with Gasteiger partial charge in [0.2, 0.25) is 0 Å². The van der Waals surface area contributed by atoms with E-state index >= 15 is 0 Å². The molecule has 0 bridgehead atoms. The fourth-order valence-electron chi connectivity index (χ4n) is 1.87. The Morgan fingerprint density at radius 3 is 2.17 bits per heavy atom. The molecule has 0 saturated heterocycles. The predicted octanol–water partition coefficient (Wildman–Crippen LogP) is 4.86. The van der Waals surface area contributed by atoms with Gasteiger partial charge in [0, 0.05) is 0 Å². The quantitative estimate of drug-likeness (QED) is 0.839. The number of rotatable bonds is 2. The van der Waals surface area contributed by atoms with E-state index in [0.717, 1.165) is 14.9 Å². The molecule has 0 aliphatic carbocycles. The van der Waals surface area contributed by atoms with Crippen LogP contribution in [0.15, 0.2) is 39.5 Å². The molecule has 18 heavy (non-hydrogen) atoms. The molecule has 96 valence electrons. The Morgan fingerprint density at radius 1 is 1.11 bits per heavy atom. The van der Waals surface area contributed by atoms with Gasteiger partial charge in [-0.15, -0.1) is 11.3 Å². The molecule has 1 aromatic heterocycles. The van der Waals surface area contributed by atoms with Crippen molar-refractivity contribution >= 4 is 27.3 Å². The largest absolute Gasteiger partial charge is 0.320 e. The van der Waals surface area contributed by atoms with Gasteiger partial charge in [-0.25, -0.2) is 0 Å². The molecule has 0 aliphatic rings. The van der Waals surface area contributed by atoms with Gasteiger partial charge in [0.1, 0.15) is 0 Å². The molecule has 0 spiro atoms. The van der Waals surface area contributed by atoms with Crippen LogP contribution in [0.3, 0.4) is 0 Å². The summed E-state index contributed by atoms with van der Waals surface area (Å²) in [6.07, 6.45) is 0. The molecular weight excluding hydrogens is 306 g/mol. The van der Waals surface area contributed by atoms with E-state index in [4.69, 9.17) is 5.73 Å². The highest BCUT2D eigenvalue weighted by molar-refractivity contribution is 9.11. The van der Waals surface area contributed by atoms with Crippen molar-refractivity contribution in [2.24, 2.45) is 5.73 Å². The van der Waals surface area contributed by atoms with Crippen LogP contribution in [0.1, 0.15) is 43.5 Å². The summed E-state index contributed by atoms with van der Waals surface area (Å²) >= 11 is 5.15. The Kier molecular flexibility index (Phi) is 3.95. The second kappa shape index (κ2) is 5.16. The highest BCUT2D eigenvalue weighted by Gasteiger charge is 2.15. The first-order chi connectivity index (χ1) is 8.38. The van der Waals surface area contributed by atoms with Crippen LogP contribution in [0.2, 0.25) is 0 Å². The number of nitrogens with two attached hydrogens (primary N) is 1. The maximum atomic E-state index is 6.27. The molecule has 2 aromatic rings. The van der Waals surface area contributed by atoms with Crippen molar-refractivity contribution in [3.8, 4) is 0 Å². The third-order valence-electron chi connectivity index (χ3n) is 3.08. The van der Waals surface area contributed by atoms with Gasteiger partial charge in [-0.05, 0) is 49.5 Å². The van der Waals surface area contributed by atoms with Gasteiger partial charge in [0.25, 0.3) is 0 Å². The molecule has 0 amide bonds. The zero-order chi connectivity index (χ0) is 13.3. The van der Waals surface area contributed by atoms with Crippen molar-refractivity contribution in [2.75, 3.05) is 0 Å². The second-order valence-electron chi connectivity index (χ2n) is 5.53. The normalized spacial score (nSPS) is 13.6. The predicted molar refractivity (Wildman–Crippen MR) is 83.2 cm³/mol. The lowest BCUT2D eigenvalue weighted by Crippen LogP contribution is -2.13. The molecular formula is C15H18BrNS. The molecule has 1 heterocycles. The van der Waals surface area contributed by atoms with Crippen LogP contribution in [-0.2, 0) is 5.41 Å². The number of thiophene rings is 1. The summed E-state index contributed by atoms with van der Waals surface area (Å²) in [5, 5.41) is 2.10. The second-order valence-corrected chi connectivity index (χ2v) is 7.82. The van der Waals surface area contributed by atoms with Crippen LogP contribution in [0.25, 0.3) is 0 Å². The maximum Gasteiger partial charge on any atom is 0.0701 e. The fourth-order valence-corrected chi connectivity index (χ4v) is 3.08. The van der Waals surface area contributed by atoms with E-state index in [1.54, 1.807) is 11.3 Å². The van der Waals surface area contributed by atoms with Crippen LogP contribution >= 0.6 is 27.3 Å².